The van der Waals surface area contributed by atoms with E-state index in [1.165, 1.54) is 12.1 Å². The van der Waals surface area contributed by atoms with Crippen LogP contribution in [0.25, 0.3) is 11.4 Å². The molecule has 0 spiro atoms. The number of nitrogens with one attached hydrogen (secondary N) is 1. The summed E-state index contributed by atoms with van der Waals surface area (Å²) >= 11 is 3.30. The Morgan fingerprint density at radius 2 is 2.16 bits per heavy atom. The van der Waals surface area contributed by atoms with Gasteiger partial charge in [0, 0.05) is 10.0 Å². The first kappa shape index (κ1) is 14.1. The summed E-state index contributed by atoms with van der Waals surface area (Å²) in [4.78, 5) is 4.37. The van der Waals surface area contributed by atoms with E-state index in [0.29, 0.717) is 21.8 Å². The van der Waals surface area contributed by atoms with Crippen LogP contribution in [0.2, 0.25) is 0 Å². The van der Waals surface area contributed by atoms with Crippen LogP contribution in [0.5, 0.6) is 0 Å². The van der Waals surface area contributed by atoms with Gasteiger partial charge in [0.25, 0.3) is 0 Å². The van der Waals surface area contributed by atoms with Crippen molar-refractivity contribution in [1.29, 1.82) is 0 Å². The van der Waals surface area contributed by atoms with Crippen molar-refractivity contribution in [2.24, 2.45) is 0 Å². The van der Waals surface area contributed by atoms with Gasteiger partial charge in [-0.05, 0) is 54.5 Å². The molecule has 2 rings (SSSR count). The van der Waals surface area contributed by atoms with E-state index in [0.717, 1.165) is 6.54 Å². The average molecular weight is 328 g/mol. The van der Waals surface area contributed by atoms with E-state index in [4.69, 9.17) is 4.52 Å². The fraction of sp³-hybridized carbons (Fsp3) is 0.385. The summed E-state index contributed by atoms with van der Waals surface area (Å²) in [7, 11) is 0. The fourth-order valence-corrected chi connectivity index (χ4v) is 2.30. The zero-order valence-corrected chi connectivity index (χ0v) is 12.6. The van der Waals surface area contributed by atoms with Gasteiger partial charge in [0.1, 0.15) is 5.82 Å². The molecule has 6 heteroatoms. The molecule has 0 bridgehead atoms. The molecule has 4 nitrogen and oxygen atoms in total. The van der Waals surface area contributed by atoms with Gasteiger partial charge in [-0.1, -0.05) is 12.1 Å². The summed E-state index contributed by atoms with van der Waals surface area (Å²) in [6.07, 6.45) is 0. The first-order valence-electron chi connectivity index (χ1n) is 5.98. The molecule has 2 aromatic rings. The summed E-state index contributed by atoms with van der Waals surface area (Å²) in [5, 5.41) is 7.21. The third-order valence-electron chi connectivity index (χ3n) is 2.75. The van der Waals surface area contributed by atoms with E-state index in [1.807, 2.05) is 20.8 Å². The second kappa shape index (κ2) is 5.38. The minimum atomic E-state index is -0.396. The highest BCUT2D eigenvalue weighted by Crippen LogP contribution is 2.28. The van der Waals surface area contributed by atoms with Crippen molar-refractivity contribution < 1.29 is 8.91 Å². The fourth-order valence-electron chi connectivity index (χ4n) is 1.78. The molecular formula is C13H15BrFN3O. The van der Waals surface area contributed by atoms with Gasteiger partial charge in [-0.2, -0.15) is 4.98 Å². The van der Waals surface area contributed by atoms with Crippen molar-refractivity contribution in [3.63, 3.8) is 0 Å². The van der Waals surface area contributed by atoms with Crippen molar-refractivity contribution >= 4 is 15.9 Å². The van der Waals surface area contributed by atoms with Crippen LogP contribution >= 0.6 is 15.9 Å². The lowest BCUT2D eigenvalue weighted by Crippen LogP contribution is -2.36. The third kappa shape index (κ3) is 3.01. The molecule has 0 radical (unpaired) electrons. The largest absolute Gasteiger partial charge is 0.337 e. The standard InChI is InChI=1S/C13H15BrFN3O/c1-4-16-13(2,3)12-17-11(18-19-12)9-6-5-8(15)7-10(9)14/h5-7,16H,4H2,1-3H3. The van der Waals surface area contributed by atoms with E-state index in [1.54, 1.807) is 6.07 Å². The lowest BCUT2D eigenvalue weighted by Gasteiger charge is -2.20. The van der Waals surface area contributed by atoms with Crippen LogP contribution in [0.1, 0.15) is 26.7 Å². The number of aromatic nitrogens is 2. The molecule has 1 N–H and O–H groups in total. The van der Waals surface area contributed by atoms with E-state index in [9.17, 15) is 4.39 Å². The summed E-state index contributed by atoms with van der Waals surface area (Å²) in [5.41, 5.74) is 0.302. The smallest absolute Gasteiger partial charge is 0.246 e. The maximum absolute atomic E-state index is 13.1. The van der Waals surface area contributed by atoms with E-state index < -0.39 is 5.54 Å². The Balaban J connectivity index is 2.35. The minimum Gasteiger partial charge on any atom is -0.337 e. The van der Waals surface area contributed by atoms with Gasteiger partial charge in [-0.3, -0.25) is 0 Å². The molecule has 1 aromatic heterocycles. The molecule has 0 amide bonds. The number of hydrogen-bond donors (Lipinski definition) is 1. The van der Waals surface area contributed by atoms with Crippen molar-refractivity contribution in [3.05, 3.63) is 34.4 Å². The van der Waals surface area contributed by atoms with E-state index in [2.05, 4.69) is 31.4 Å². The van der Waals surface area contributed by atoms with Gasteiger partial charge in [0.05, 0.1) is 5.54 Å². The number of benzene rings is 1. The average Bonchev–Trinajstić information content (AvgIpc) is 2.78. The van der Waals surface area contributed by atoms with Crippen LogP contribution in [0, 0.1) is 5.82 Å². The topological polar surface area (TPSA) is 51.0 Å². The summed E-state index contributed by atoms with van der Waals surface area (Å²) in [6.45, 7) is 6.74. The molecule has 0 saturated heterocycles. The lowest BCUT2D eigenvalue weighted by molar-refractivity contribution is 0.272. The predicted molar refractivity (Wildman–Crippen MR) is 74.1 cm³/mol. The number of hydrogen-bond acceptors (Lipinski definition) is 4. The zero-order chi connectivity index (χ0) is 14.0. The van der Waals surface area contributed by atoms with Crippen LogP contribution < -0.4 is 5.32 Å². The minimum absolute atomic E-state index is 0.313. The molecule has 0 saturated carbocycles. The predicted octanol–water partition coefficient (Wildman–Crippen LogP) is 3.48. The Morgan fingerprint density at radius 1 is 1.42 bits per heavy atom. The van der Waals surface area contributed by atoms with E-state index in [-0.39, 0.29) is 5.82 Å². The SMILES string of the molecule is CCNC(C)(C)c1nc(-c2ccc(F)cc2Br)no1. The molecule has 102 valence electrons. The maximum atomic E-state index is 13.1. The van der Waals surface area contributed by atoms with Crippen molar-refractivity contribution in [3.8, 4) is 11.4 Å². The van der Waals surface area contributed by atoms with E-state index >= 15 is 0 Å². The summed E-state index contributed by atoms with van der Waals surface area (Å²) in [6, 6.07) is 4.36. The quantitative estimate of drug-likeness (QED) is 0.933. The molecule has 0 fully saturated rings. The third-order valence-corrected chi connectivity index (χ3v) is 3.41. The van der Waals surface area contributed by atoms with Crippen LogP contribution in [-0.2, 0) is 5.54 Å². The lowest BCUT2D eigenvalue weighted by atomic mass is 10.1. The normalized spacial score (nSPS) is 11.8. The van der Waals surface area contributed by atoms with Gasteiger partial charge in [-0.15, -0.1) is 0 Å². The maximum Gasteiger partial charge on any atom is 0.246 e. The number of halogens is 2. The molecule has 1 aromatic carbocycles. The first-order chi connectivity index (χ1) is 8.94. The molecule has 0 unspecified atom stereocenters. The molecule has 1 heterocycles. The van der Waals surface area contributed by atoms with Crippen LogP contribution in [0.3, 0.4) is 0 Å². The Hall–Kier alpha value is -1.27. The molecule has 19 heavy (non-hydrogen) atoms. The summed E-state index contributed by atoms with van der Waals surface area (Å²) < 4.78 is 18.9. The van der Waals surface area contributed by atoms with Crippen LogP contribution in [0.4, 0.5) is 4.39 Å². The molecule has 0 aliphatic rings. The van der Waals surface area contributed by atoms with Crippen molar-refractivity contribution in [2.45, 2.75) is 26.3 Å². The van der Waals surface area contributed by atoms with Crippen molar-refractivity contribution in [1.82, 2.24) is 15.5 Å². The van der Waals surface area contributed by atoms with Gasteiger partial charge in [0.2, 0.25) is 11.7 Å². The highest BCUT2D eigenvalue weighted by molar-refractivity contribution is 9.10. The highest BCUT2D eigenvalue weighted by Gasteiger charge is 2.27. The number of nitrogens with zero attached hydrogens (tertiary/aromatic N) is 2. The Kier molecular flexibility index (Phi) is 4.01. The van der Waals surface area contributed by atoms with Crippen molar-refractivity contribution in [2.75, 3.05) is 6.54 Å². The van der Waals surface area contributed by atoms with Gasteiger partial charge >= 0.3 is 0 Å². The highest BCUT2D eigenvalue weighted by atomic mass is 79.9. The molecular weight excluding hydrogens is 313 g/mol. The Labute approximate surface area is 119 Å². The zero-order valence-electron chi connectivity index (χ0n) is 11.0. The second-order valence-corrected chi connectivity index (χ2v) is 5.56. The molecule has 0 aliphatic carbocycles. The van der Waals surface area contributed by atoms with Gasteiger partial charge < -0.3 is 9.84 Å². The second-order valence-electron chi connectivity index (χ2n) is 4.70. The van der Waals surface area contributed by atoms with Crippen LogP contribution in [0.15, 0.2) is 27.2 Å². The summed E-state index contributed by atoms with van der Waals surface area (Å²) in [5.74, 6) is 0.626. The molecule has 0 atom stereocenters. The molecule has 0 aliphatic heterocycles. The Bertz CT molecular complexity index is 583. The first-order valence-corrected chi connectivity index (χ1v) is 6.78. The van der Waals surface area contributed by atoms with Gasteiger partial charge in [-0.25, -0.2) is 4.39 Å². The van der Waals surface area contributed by atoms with Crippen LogP contribution in [-0.4, -0.2) is 16.7 Å². The number of rotatable bonds is 4. The monoisotopic (exact) mass is 327 g/mol. The Morgan fingerprint density at radius 3 is 2.79 bits per heavy atom. The van der Waals surface area contributed by atoms with Gasteiger partial charge in [0.15, 0.2) is 0 Å².